The highest BCUT2D eigenvalue weighted by Crippen LogP contribution is 2.31. The Bertz CT molecular complexity index is 873. The Balaban J connectivity index is 1.70. The molecule has 1 aliphatic heterocycles. The molecule has 1 aliphatic rings. The van der Waals surface area contributed by atoms with Gasteiger partial charge in [-0.15, -0.1) is 0 Å². The van der Waals surface area contributed by atoms with Crippen LogP contribution in [0.2, 0.25) is 0 Å². The van der Waals surface area contributed by atoms with Gasteiger partial charge in [0.25, 0.3) is 0 Å². The summed E-state index contributed by atoms with van der Waals surface area (Å²) in [6, 6.07) is 10.7. The molecule has 0 N–H and O–H groups in total. The molecule has 25 heavy (non-hydrogen) atoms. The second-order valence-corrected chi connectivity index (χ2v) is 6.65. The van der Waals surface area contributed by atoms with Crippen molar-refractivity contribution in [1.29, 1.82) is 0 Å². The number of rotatable bonds is 4. The molecule has 0 radical (unpaired) electrons. The summed E-state index contributed by atoms with van der Waals surface area (Å²) in [6.07, 6.45) is 6.12. The predicted molar refractivity (Wildman–Crippen MR) is 99.9 cm³/mol. The Morgan fingerprint density at radius 2 is 2.16 bits per heavy atom. The highest BCUT2D eigenvalue weighted by Gasteiger charge is 2.24. The smallest absolute Gasteiger partial charge is 0.103 e. The third-order valence-electron chi connectivity index (χ3n) is 4.76. The lowest BCUT2D eigenvalue weighted by Gasteiger charge is -2.35. The van der Waals surface area contributed by atoms with E-state index in [-0.39, 0.29) is 6.10 Å². The average molecular weight is 336 g/mol. The topological polar surface area (TPSA) is 43.2 Å². The maximum absolute atomic E-state index is 6.01. The largest absolute Gasteiger partial charge is 0.370 e. The second kappa shape index (κ2) is 6.84. The van der Waals surface area contributed by atoms with Crippen LogP contribution in [-0.2, 0) is 18.2 Å². The van der Waals surface area contributed by atoms with Gasteiger partial charge in [0.15, 0.2) is 0 Å². The summed E-state index contributed by atoms with van der Waals surface area (Å²) in [6.45, 7) is 4.66. The molecule has 0 amide bonds. The van der Waals surface area contributed by atoms with Crippen molar-refractivity contribution in [2.24, 2.45) is 7.05 Å². The molecule has 5 nitrogen and oxygen atoms in total. The lowest BCUT2D eigenvalue weighted by Crippen LogP contribution is -2.38. The van der Waals surface area contributed by atoms with Gasteiger partial charge in [-0.1, -0.05) is 31.5 Å². The zero-order valence-electron chi connectivity index (χ0n) is 14.9. The monoisotopic (exact) mass is 336 g/mol. The van der Waals surface area contributed by atoms with Crippen LogP contribution in [0.15, 0.2) is 42.7 Å². The third kappa shape index (κ3) is 3.24. The van der Waals surface area contributed by atoms with E-state index in [2.05, 4.69) is 47.3 Å². The summed E-state index contributed by atoms with van der Waals surface area (Å²) in [5.74, 6) is 0. The highest BCUT2D eigenvalue weighted by molar-refractivity contribution is 5.92. The van der Waals surface area contributed by atoms with Gasteiger partial charge in [0.05, 0.1) is 18.3 Å². The van der Waals surface area contributed by atoms with Gasteiger partial charge in [-0.3, -0.25) is 9.67 Å². The van der Waals surface area contributed by atoms with Crippen LogP contribution in [0.4, 0.5) is 5.69 Å². The first-order valence-electron chi connectivity index (χ1n) is 8.98. The summed E-state index contributed by atoms with van der Waals surface area (Å²) in [5, 5.41) is 5.50. The van der Waals surface area contributed by atoms with E-state index >= 15 is 0 Å². The summed E-state index contributed by atoms with van der Waals surface area (Å²) < 4.78 is 7.84. The highest BCUT2D eigenvalue weighted by atomic mass is 16.5. The number of aryl methyl sites for hydroxylation is 2. The van der Waals surface area contributed by atoms with Crippen molar-refractivity contribution in [3.8, 4) is 0 Å². The first-order chi connectivity index (χ1) is 12.2. The van der Waals surface area contributed by atoms with Gasteiger partial charge in [-0.2, -0.15) is 5.10 Å². The van der Waals surface area contributed by atoms with Gasteiger partial charge < -0.3 is 9.64 Å². The molecule has 3 heterocycles. The number of hydrogen-bond acceptors (Lipinski definition) is 4. The van der Waals surface area contributed by atoms with Crippen molar-refractivity contribution in [1.82, 2.24) is 14.8 Å². The minimum absolute atomic E-state index is 0.0593. The molecule has 2 aromatic heterocycles. The van der Waals surface area contributed by atoms with Gasteiger partial charge in [-0.25, -0.2) is 0 Å². The van der Waals surface area contributed by atoms with Crippen LogP contribution < -0.4 is 4.90 Å². The van der Waals surface area contributed by atoms with Crippen LogP contribution in [0.5, 0.6) is 0 Å². The number of benzene rings is 1. The molecule has 4 rings (SSSR count). The Labute approximate surface area is 148 Å². The van der Waals surface area contributed by atoms with Crippen LogP contribution in [0.1, 0.15) is 30.7 Å². The molecule has 1 fully saturated rings. The molecular formula is C20H24N4O. The third-order valence-corrected chi connectivity index (χ3v) is 4.76. The van der Waals surface area contributed by atoms with E-state index in [0.29, 0.717) is 0 Å². The van der Waals surface area contributed by atoms with E-state index in [9.17, 15) is 0 Å². The van der Waals surface area contributed by atoms with E-state index in [1.807, 2.05) is 24.1 Å². The first-order valence-corrected chi connectivity index (χ1v) is 8.98. The maximum atomic E-state index is 6.01. The average Bonchev–Trinajstić information content (AvgIpc) is 3.08. The molecular weight excluding hydrogens is 312 g/mol. The molecule has 3 aromatic rings. The number of anilines is 1. The number of hydrogen-bond donors (Lipinski definition) is 0. The van der Waals surface area contributed by atoms with E-state index in [0.717, 1.165) is 43.6 Å². The van der Waals surface area contributed by atoms with E-state index < -0.39 is 0 Å². The van der Waals surface area contributed by atoms with Crippen LogP contribution in [0, 0.1) is 0 Å². The Kier molecular flexibility index (Phi) is 4.40. The number of fused-ring (bicyclic) bond motifs is 1. The van der Waals surface area contributed by atoms with Crippen molar-refractivity contribution in [3.05, 3.63) is 54.0 Å². The van der Waals surface area contributed by atoms with E-state index in [4.69, 9.17) is 9.72 Å². The Morgan fingerprint density at radius 3 is 2.96 bits per heavy atom. The van der Waals surface area contributed by atoms with Crippen LogP contribution in [0.25, 0.3) is 10.9 Å². The first kappa shape index (κ1) is 16.1. The quantitative estimate of drug-likeness (QED) is 0.731. The molecule has 0 saturated carbocycles. The molecule has 0 spiro atoms. The molecule has 130 valence electrons. The van der Waals surface area contributed by atoms with Gasteiger partial charge in [0, 0.05) is 48.7 Å². The summed E-state index contributed by atoms with van der Waals surface area (Å²) in [7, 11) is 1.94. The SMILES string of the molecule is CCCc1cc(N2CCOC(c3cnn(C)c3)C2)c2ccccc2n1. The number of para-hydroxylation sites is 1. The lowest BCUT2D eigenvalue weighted by atomic mass is 10.1. The normalized spacial score (nSPS) is 18.0. The number of nitrogens with zero attached hydrogens (tertiary/aromatic N) is 4. The van der Waals surface area contributed by atoms with Crippen LogP contribution >= 0.6 is 0 Å². The minimum atomic E-state index is 0.0593. The van der Waals surface area contributed by atoms with Crippen LogP contribution in [0.3, 0.4) is 0 Å². The molecule has 1 saturated heterocycles. The maximum Gasteiger partial charge on any atom is 0.103 e. The molecule has 1 atom stereocenters. The standard InChI is InChI=1S/C20H24N4O/c1-3-6-16-11-19(17-7-4-5-8-18(17)22-16)24-9-10-25-20(14-24)15-12-21-23(2)13-15/h4-5,7-8,11-13,20H,3,6,9-10,14H2,1-2H3. The molecule has 1 unspecified atom stereocenters. The van der Waals surface area contributed by atoms with Gasteiger partial charge >= 0.3 is 0 Å². The number of aromatic nitrogens is 3. The van der Waals surface area contributed by atoms with E-state index in [1.54, 1.807) is 0 Å². The van der Waals surface area contributed by atoms with Crippen LogP contribution in [-0.4, -0.2) is 34.5 Å². The number of pyridine rings is 1. The molecule has 5 heteroatoms. The molecule has 0 aliphatic carbocycles. The Hall–Kier alpha value is -2.40. The fourth-order valence-corrected chi connectivity index (χ4v) is 3.53. The van der Waals surface area contributed by atoms with Crippen molar-refractivity contribution >= 4 is 16.6 Å². The van der Waals surface area contributed by atoms with Crippen molar-refractivity contribution in [3.63, 3.8) is 0 Å². The molecule has 1 aromatic carbocycles. The zero-order valence-corrected chi connectivity index (χ0v) is 14.9. The van der Waals surface area contributed by atoms with Crippen molar-refractivity contribution < 1.29 is 4.74 Å². The minimum Gasteiger partial charge on any atom is -0.370 e. The number of ether oxygens (including phenoxy) is 1. The lowest BCUT2D eigenvalue weighted by molar-refractivity contribution is 0.0398. The summed E-state index contributed by atoms with van der Waals surface area (Å²) in [4.78, 5) is 7.26. The summed E-state index contributed by atoms with van der Waals surface area (Å²) >= 11 is 0. The fraction of sp³-hybridized carbons (Fsp3) is 0.400. The second-order valence-electron chi connectivity index (χ2n) is 6.65. The zero-order chi connectivity index (χ0) is 17.2. The summed E-state index contributed by atoms with van der Waals surface area (Å²) in [5.41, 5.74) is 4.65. The molecule has 0 bridgehead atoms. The van der Waals surface area contributed by atoms with Gasteiger partial charge in [-0.05, 0) is 18.6 Å². The number of morpholine rings is 1. The van der Waals surface area contributed by atoms with Crippen molar-refractivity contribution in [2.75, 3.05) is 24.6 Å². The Morgan fingerprint density at radius 1 is 1.28 bits per heavy atom. The van der Waals surface area contributed by atoms with Gasteiger partial charge in [0.1, 0.15) is 6.10 Å². The van der Waals surface area contributed by atoms with Gasteiger partial charge in [0.2, 0.25) is 0 Å². The fourth-order valence-electron chi connectivity index (χ4n) is 3.53. The predicted octanol–water partition coefficient (Wildman–Crippen LogP) is 3.50. The van der Waals surface area contributed by atoms with E-state index in [1.165, 1.54) is 16.8 Å². The van der Waals surface area contributed by atoms with Crippen molar-refractivity contribution in [2.45, 2.75) is 25.9 Å².